The number of likely N-dealkylation sites (tertiary alicyclic amines) is 1. The first-order valence-corrected chi connectivity index (χ1v) is 9.11. The molecule has 22 heavy (non-hydrogen) atoms. The number of rotatable bonds is 9. The first-order chi connectivity index (χ1) is 10.7. The molecule has 1 saturated heterocycles. The van der Waals surface area contributed by atoms with Crippen LogP contribution in [0, 0.1) is 0 Å². The average Bonchev–Trinajstić information content (AvgIpc) is 2.96. The van der Waals surface area contributed by atoms with Crippen LogP contribution in [-0.4, -0.2) is 31.6 Å². The number of nitrogens with zero attached hydrogens (tertiary/aromatic N) is 1. The Bertz CT molecular complexity index is 445. The fourth-order valence-corrected chi connectivity index (χ4v) is 3.93. The average molecular weight is 303 g/mol. The highest BCUT2D eigenvalue weighted by atomic mass is 16.5. The lowest BCUT2D eigenvalue weighted by molar-refractivity contribution is 0.294. The van der Waals surface area contributed by atoms with Gasteiger partial charge in [0.25, 0.3) is 0 Å². The van der Waals surface area contributed by atoms with Gasteiger partial charge in [0, 0.05) is 12.0 Å². The van der Waals surface area contributed by atoms with E-state index in [0.717, 1.165) is 5.75 Å². The van der Waals surface area contributed by atoms with E-state index in [9.17, 15) is 0 Å². The topological polar surface area (TPSA) is 12.5 Å². The highest BCUT2D eigenvalue weighted by Crippen LogP contribution is 2.39. The Hall–Kier alpha value is -1.02. The van der Waals surface area contributed by atoms with E-state index in [4.69, 9.17) is 4.74 Å². The number of benzene rings is 1. The molecule has 0 unspecified atom stereocenters. The number of hydrogen-bond donors (Lipinski definition) is 0. The van der Waals surface area contributed by atoms with Gasteiger partial charge < -0.3 is 9.64 Å². The fraction of sp³-hybridized carbons (Fsp3) is 0.700. The van der Waals surface area contributed by atoms with Crippen LogP contribution < -0.4 is 4.74 Å². The van der Waals surface area contributed by atoms with Gasteiger partial charge in [0.2, 0.25) is 0 Å². The summed E-state index contributed by atoms with van der Waals surface area (Å²) in [6.07, 6.45) is 9.27. The van der Waals surface area contributed by atoms with Crippen LogP contribution in [0.4, 0.5) is 0 Å². The lowest BCUT2D eigenvalue weighted by atomic mass is 9.76. The minimum Gasteiger partial charge on any atom is -0.497 e. The van der Waals surface area contributed by atoms with Crippen molar-refractivity contribution in [2.45, 2.75) is 64.2 Å². The van der Waals surface area contributed by atoms with E-state index in [1.54, 1.807) is 7.11 Å². The zero-order valence-electron chi connectivity index (χ0n) is 14.7. The molecule has 1 atom stereocenters. The second-order valence-electron chi connectivity index (χ2n) is 6.85. The standard InChI is InChI=1S/C20H33NO/c1-4-6-7-8-14-21-15-13-20(17-21,12-5-2)18-10-9-11-19(16-18)22-3/h9-11,16H,4-8,12-15,17H2,1-3H3/t20-/m0/s1. The molecule has 1 heterocycles. The van der Waals surface area contributed by atoms with Gasteiger partial charge in [-0.3, -0.25) is 0 Å². The Kier molecular flexibility index (Phi) is 6.75. The quantitative estimate of drug-likeness (QED) is 0.594. The molecular weight excluding hydrogens is 270 g/mol. The van der Waals surface area contributed by atoms with Gasteiger partial charge in [-0.2, -0.15) is 0 Å². The number of methoxy groups -OCH3 is 1. The molecule has 2 rings (SSSR count). The lowest BCUT2D eigenvalue weighted by Gasteiger charge is -2.30. The van der Waals surface area contributed by atoms with Crippen molar-refractivity contribution in [1.29, 1.82) is 0 Å². The molecule has 0 saturated carbocycles. The highest BCUT2D eigenvalue weighted by Gasteiger charge is 2.38. The van der Waals surface area contributed by atoms with Gasteiger partial charge in [-0.25, -0.2) is 0 Å². The zero-order chi connectivity index (χ0) is 15.8. The van der Waals surface area contributed by atoms with Crippen LogP contribution in [0.5, 0.6) is 5.75 Å². The van der Waals surface area contributed by atoms with Gasteiger partial charge in [0.15, 0.2) is 0 Å². The molecule has 1 aliphatic heterocycles. The van der Waals surface area contributed by atoms with Crippen molar-refractivity contribution < 1.29 is 4.74 Å². The summed E-state index contributed by atoms with van der Waals surface area (Å²) >= 11 is 0. The number of ether oxygens (including phenoxy) is 1. The fourth-order valence-electron chi connectivity index (χ4n) is 3.93. The van der Waals surface area contributed by atoms with Crippen LogP contribution in [0.2, 0.25) is 0 Å². The molecule has 1 aromatic rings. The van der Waals surface area contributed by atoms with Gasteiger partial charge in [0.1, 0.15) is 5.75 Å². The summed E-state index contributed by atoms with van der Waals surface area (Å²) < 4.78 is 5.44. The van der Waals surface area contributed by atoms with E-state index in [2.05, 4.69) is 43.0 Å². The summed E-state index contributed by atoms with van der Waals surface area (Å²) in [6.45, 7) is 8.34. The Balaban J connectivity index is 2.03. The largest absolute Gasteiger partial charge is 0.497 e. The maximum Gasteiger partial charge on any atom is 0.119 e. The molecule has 2 heteroatoms. The van der Waals surface area contributed by atoms with Crippen molar-refractivity contribution >= 4 is 0 Å². The predicted octanol–water partition coefficient (Wildman–Crippen LogP) is 5.02. The van der Waals surface area contributed by atoms with Gasteiger partial charge in [-0.1, -0.05) is 51.7 Å². The second kappa shape index (κ2) is 8.57. The summed E-state index contributed by atoms with van der Waals surface area (Å²) in [4.78, 5) is 2.69. The Morgan fingerprint density at radius 1 is 1.14 bits per heavy atom. The molecular formula is C20H33NO. The van der Waals surface area contributed by atoms with E-state index in [1.165, 1.54) is 70.1 Å². The van der Waals surface area contributed by atoms with Crippen molar-refractivity contribution in [3.05, 3.63) is 29.8 Å². The Morgan fingerprint density at radius 2 is 2.00 bits per heavy atom. The summed E-state index contributed by atoms with van der Waals surface area (Å²) in [5, 5.41) is 0. The molecule has 124 valence electrons. The van der Waals surface area contributed by atoms with E-state index < -0.39 is 0 Å². The minimum atomic E-state index is 0.341. The van der Waals surface area contributed by atoms with Crippen LogP contribution in [0.15, 0.2) is 24.3 Å². The summed E-state index contributed by atoms with van der Waals surface area (Å²) in [6, 6.07) is 8.77. The van der Waals surface area contributed by atoms with E-state index in [0.29, 0.717) is 5.41 Å². The zero-order valence-corrected chi connectivity index (χ0v) is 14.7. The molecule has 0 amide bonds. The maximum absolute atomic E-state index is 5.44. The maximum atomic E-state index is 5.44. The van der Waals surface area contributed by atoms with Crippen molar-refractivity contribution in [2.75, 3.05) is 26.7 Å². The number of hydrogen-bond acceptors (Lipinski definition) is 2. The normalized spacial score (nSPS) is 22.1. The van der Waals surface area contributed by atoms with Crippen LogP contribution in [-0.2, 0) is 5.41 Å². The highest BCUT2D eigenvalue weighted by molar-refractivity contribution is 5.35. The third-order valence-corrected chi connectivity index (χ3v) is 5.17. The van der Waals surface area contributed by atoms with Crippen molar-refractivity contribution in [3.63, 3.8) is 0 Å². The number of unbranched alkanes of at least 4 members (excludes halogenated alkanes) is 3. The predicted molar refractivity (Wildman–Crippen MR) is 94.8 cm³/mol. The van der Waals surface area contributed by atoms with Crippen LogP contribution >= 0.6 is 0 Å². The lowest BCUT2D eigenvalue weighted by Crippen LogP contribution is -2.31. The van der Waals surface area contributed by atoms with E-state index in [-0.39, 0.29) is 0 Å². The molecule has 1 aliphatic rings. The van der Waals surface area contributed by atoms with Crippen molar-refractivity contribution in [2.24, 2.45) is 0 Å². The summed E-state index contributed by atoms with van der Waals surface area (Å²) in [7, 11) is 1.76. The first-order valence-electron chi connectivity index (χ1n) is 9.11. The first kappa shape index (κ1) is 17.3. The third kappa shape index (κ3) is 4.25. The molecule has 0 radical (unpaired) electrons. The van der Waals surface area contributed by atoms with Gasteiger partial charge in [-0.15, -0.1) is 0 Å². The van der Waals surface area contributed by atoms with Gasteiger partial charge in [0.05, 0.1) is 7.11 Å². The second-order valence-corrected chi connectivity index (χ2v) is 6.85. The molecule has 1 aromatic carbocycles. The van der Waals surface area contributed by atoms with Crippen LogP contribution in [0.3, 0.4) is 0 Å². The van der Waals surface area contributed by atoms with Crippen LogP contribution in [0.25, 0.3) is 0 Å². The molecule has 1 fully saturated rings. The van der Waals surface area contributed by atoms with Gasteiger partial charge >= 0.3 is 0 Å². The van der Waals surface area contributed by atoms with E-state index in [1.807, 2.05) is 0 Å². The summed E-state index contributed by atoms with van der Waals surface area (Å²) in [5.74, 6) is 0.995. The summed E-state index contributed by atoms with van der Waals surface area (Å²) in [5.41, 5.74) is 1.82. The minimum absolute atomic E-state index is 0.341. The molecule has 0 aromatic heterocycles. The monoisotopic (exact) mass is 303 g/mol. The molecule has 0 bridgehead atoms. The molecule has 0 spiro atoms. The van der Waals surface area contributed by atoms with Crippen LogP contribution in [0.1, 0.15) is 64.4 Å². The SMILES string of the molecule is CCCCCCN1CC[C@](CCC)(c2cccc(OC)c2)C1. The smallest absolute Gasteiger partial charge is 0.119 e. The van der Waals surface area contributed by atoms with E-state index >= 15 is 0 Å². The Morgan fingerprint density at radius 3 is 2.73 bits per heavy atom. The molecule has 2 nitrogen and oxygen atoms in total. The molecule has 0 aliphatic carbocycles. The molecule has 0 N–H and O–H groups in total. The van der Waals surface area contributed by atoms with Crippen molar-refractivity contribution in [3.8, 4) is 5.75 Å². The third-order valence-electron chi connectivity index (χ3n) is 5.17. The van der Waals surface area contributed by atoms with Crippen molar-refractivity contribution in [1.82, 2.24) is 4.90 Å². The Labute approximate surface area is 136 Å². The van der Waals surface area contributed by atoms with Gasteiger partial charge in [-0.05, 0) is 50.0 Å².